The van der Waals surface area contributed by atoms with Crippen LogP contribution in [0.5, 0.6) is 0 Å². The number of rotatable bonds is 6. The van der Waals surface area contributed by atoms with Gasteiger partial charge in [0.25, 0.3) is 0 Å². The van der Waals surface area contributed by atoms with Crippen LogP contribution in [0.4, 0.5) is 4.39 Å². The minimum absolute atomic E-state index is 0.105. The maximum Gasteiger partial charge on any atom is 0.308 e. The Morgan fingerprint density at radius 2 is 1.95 bits per heavy atom. The molecule has 1 amide bonds. The van der Waals surface area contributed by atoms with Gasteiger partial charge in [-0.2, -0.15) is 0 Å². The normalized spacial score (nSPS) is 17.1. The van der Waals surface area contributed by atoms with E-state index in [9.17, 15) is 14.0 Å². The highest BCUT2D eigenvalue weighted by molar-refractivity contribution is 5.84. The van der Waals surface area contributed by atoms with Gasteiger partial charge in [-0.25, -0.2) is 4.39 Å². The SMILES string of the molecule is C[C@@H](CN(C(=O)[C@H](C)c1ccccc1F)C1CC1)C(=O)O. The predicted octanol–water partition coefficient (Wildman–Crippen LogP) is 2.64. The fourth-order valence-electron chi connectivity index (χ4n) is 2.39. The third kappa shape index (κ3) is 3.60. The number of amides is 1. The second-order valence-corrected chi connectivity index (χ2v) is 5.70. The average Bonchev–Trinajstić information content (AvgIpc) is 3.28. The Morgan fingerprint density at radius 3 is 2.48 bits per heavy atom. The topological polar surface area (TPSA) is 57.6 Å². The molecule has 1 aliphatic carbocycles. The fourth-order valence-corrected chi connectivity index (χ4v) is 2.39. The molecule has 1 fully saturated rings. The van der Waals surface area contributed by atoms with Gasteiger partial charge in [0.05, 0.1) is 11.8 Å². The number of carboxylic acid groups (broad SMARTS) is 1. The lowest BCUT2D eigenvalue weighted by Gasteiger charge is -2.27. The zero-order valence-electron chi connectivity index (χ0n) is 12.3. The third-order valence-electron chi connectivity index (χ3n) is 3.91. The second kappa shape index (κ2) is 6.24. The summed E-state index contributed by atoms with van der Waals surface area (Å²) in [4.78, 5) is 25.2. The van der Waals surface area contributed by atoms with E-state index in [2.05, 4.69) is 0 Å². The molecule has 0 radical (unpaired) electrons. The molecular formula is C16H20FNO3. The zero-order chi connectivity index (χ0) is 15.6. The van der Waals surface area contributed by atoms with Crippen molar-refractivity contribution in [2.45, 2.75) is 38.6 Å². The third-order valence-corrected chi connectivity index (χ3v) is 3.91. The first kappa shape index (κ1) is 15.5. The molecular weight excluding hydrogens is 273 g/mol. The van der Waals surface area contributed by atoms with Crippen LogP contribution < -0.4 is 0 Å². The molecule has 0 saturated heterocycles. The summed E-state index contributed by atoms with van der Waals surface area (Å²) in [5.41, 5.74) is 0.358. The van der Waals surface area contributed by atoms with E-state index < -0.39 is 23.6 Å². The molecule has 21 heavy (non-hydrogen) atoms. The van der Waals surface area contributed by atoms with Gasteiger partial charge in [0.2, 0.25) is 5.91 Å². The van der Waals surface area contributed by atoms with Crippen molar-refractivity contribution in [1.82, 2.24) is 4.90 Å². The lowest BCUT2D eigenvalue weighted by molar-refractivity contribution is -0.143. The highest BCUT2D eigenvalue weighted by atomic mass is 19.1. The van der Waals surface area contributed by atoms with Crippen LogP contribution in [0.3, 0.4) is 0 Å². The zero-order valence-corrected chi connectivity index (χ0v) is 12.3. The van der Waals surface area contributed by atoms with Gasteiger partial charge in [0, 0.05) is 12.6 Å². The first-order valence-corrected chi connectivity index (χ1v) is 7.19. The second-order valence-electron chi connectivity index (χ2n) is 5.70. The molecule has 0 aliphatic heterocycles. The molecule has 0 bridgehead atoms. The standard InChI is InChI=1S/C16H20FNO3/c1-10(16(20)21)9-18(12-7-8-12)15(19)11(2)13-5-3-4-6-14(13)17/h3-6,10-12H,7-9H2,1-2H3,(H,20,21)/t10-,11+/m0/s1. The van der Waals surface area contributed by atoms with Crippen LogP contribution in [-0.2, 0) is 9.59 Å². The molecule has 1 N–H and O–H groups in total. The summed E-state index contributed by atoms with van der Waals surface area (Å²) in [6, 6.07) is 6.32. The highest BCUT2D eigenvalue weighted by Crippen LogP contribution is 2.31. The van der Waals surface area contributed by atoms with Crippen LogP contribution in [-0.4, -0.2) is 34.5 Å². The van der Waals surface area contributed by atoms with Gasteiger partial charge in [-0.3, -0.25) is 9.59 Å². The van der Waals surface area contributed by atoms with E-state index in [1.807, 2.05) is 0 Å². The van der Waals surface area contributed by atoms with Crippen LogP contribution in [0.1, 0.15) is 38.2 Å². The van der Waals surface area contributed by atoms with Crippen LogP contribution >= 0.6 is 0 Å². The van der Waals surface area contributed by atoms with E-state index in [4.69, 9.17) is 5.11 Å². The predicted molar refractivity (Wildman–Crippen MR) is 76.3 cm³/mol. The number of carbonyl (C=O) groups is 2. The molecule has 1 aliphatic rings. The Hall–Kier alpha value is -1.91. The summed E-state index contributed by atoms with van der Waals surface area (Å²) in [5, 5.41) is 9.02. The van der Waals surface area contributed by atoms with Crippen LogP contribution in [0, 0.1) is 11.7 Å². The maximum atomic E-state index is 13.8. The number of benzene rings is 1. The van der Waals surface area contributed by atoms with Gasteiger partial charge >= 0.3 is 5.97 Å². The molecule has 5 heteroatoms. The van der Waals surface area contributed by atoms with Crippen molar-refractivity contribution in [1.29, 1.82) is 0 Å². The van der Waals surface area contributed by atoms with Crippen molar-refractivity contribution in [3.05, 3.63) is 35.6 Å². The van der Waals surface area contributed by atoms with E-state index in [1.54, 1.807) is 36.9 Å². The summed E-state index contributed by atoms with van der Waals surface area (Å²) in [6.45, 7) is 3.43. The molecule has 0 heterocycles. The maximum absolute atomic E-state index is 13.8. The van der Waals surface area contributed by atoms with Crippen molar-refractivity contribution in [2.24, 2.45) is 5.92 Å². The molecule has 1 saturated carbocycles. The quantitative estimate of drug-likeness (QED) is 0.877. The summed E-state index contributed by atoms with van der Waals surface area (Å²) in [5.74, 6) is -2.75. The number of hydrogen-bond acceptors (Lipinski definition) is 2. The molecule has 0 unspecified atom stereocenters. The summed E-state index contributed by atoms with van der Waals surface area (Å²) < 4.78 is 13.8. The Kier molecular flexibility index (Phi) is 4.60. The van der Waals surface area contributed by atoms with Crippen LogP contribution in [0.25, 0.3) is 0 Å². The van der Waals surface area contributed by atoms with Crippen LogP contribution in [0.2, 0.25) is 0 Å². The average molecular weight is 293 g/mol. The Morgan fingerprint density at radius 1 is 1.33 bits per heavy atom. The summed E-state index contributed by atoms with van der Waals surface area (Å²) in [7, 11) is 0. The van der Waals surface area contributed by atoms with Crippen molar-refractivity contribution in [3.63, 3.8) is 0 Å². The molecule has 0 aromatic heterocycles. The number of hydrogen-bond donors (Lipinski definition) is 1. The largest absolute Gasteiger partial charge is 0.481 e. The molecule has 114 valence electrons. The smallest absolute Gasteiger partial charge is 0.308 e. The van der Waals surface area contributed by atoms with Crippen LogP contribution in [0.15, 0.2) is 24.3 Å². The molecule has 1 aromatic carbocycles. The summed E-state index contributed by atoms with van der Waals surface area (Å²) in [6.07, 6.45) is 1.78. The molecule has 0 spiro atoms. The molecule has 4 nitrogen and oxygen atoms in total. The number of carboxylic acids is 1. The number of carbonyl (C=O) groups excluding carboxylic acids is 1. The van der Waals surface area contributed by atoms with Crippen molar-refractivity contribution in [3.8, 4) is 0 Å². The lowest BCUT2D eigenvalue weighted by Crippen LogP contribution is -2.40. The highest BCUT2D eigenvalue weighted by Gasteiger charge is 2.36. The van der Waals surface area contributed by atoms with Gasteiger partial charge in [0.15, 0.2) is 0 Å². The molecule has 1 aromatic rings. The fraction of sp³-hybridized carbons (Fsp3) is 0.500. The van der Waals surface area contributed by atoms with Crippen molar-refractivity contribution in [2.75, 3.05) is 6.54 Å². The Labute approximate surface area is 123 Å². The first-order chi connectivity index (χ1) is 9.91. The van der Waals surface area contributed by atoms with E-state index >= 15 is 0 Å². The van der Waals surface area contributed by atoms with Gasteiger partial charge < -0.3 is 10.0 Å². The van der Waals surface area contributed by atoms with Gasteiger partial charge in [-0.05, 0) is 31.4 Å². The van der Waals surface area contributed by atoms with Gasteiger partial charge in [0.1, 0.15) is 5.82 Å². The Balaban J connectivity index is 2.15. The first-order valence-electron chi connectivity index (χ1n) is 7.19. The number of nitrogens with zero attached hydrogens (tertiary/aromatic N) is 1. The van der Waals surface area contributed by atoms with Gasteiger partial charge in [-0.1, -0.05) is 25.1 Å². The van der Waals surface area contributed by atoms with E-state index in [0.717, 1.165) is 12.8 Å². The molecule has 2 rings (SSSR count). The minimum Gasteiger partial charge on any atom is -0.481 e. The monoisotopic (exact) mass is 293 g/mol. The number of aliphatic carboxylic acids is 1. The van der Waals surface area contributed by atoms with Crippen molar-refractivity contribution < 1.29 is 19.1 Å². The van der Waals surface area contributed by atoms with E-state index in [1.165, 1.54) is 6.07 Å². The Bertz CT molecular complexity index is 542. The van der Waals surface area contributed by atoms with E-state index in [0.29, 0.717) is 5.56 Å². The minimum atomic E-state index is -0.924. The van der Waals surface area contributed by atoms with E-state index in [-0.39, 0.29) is 18.5 Å². The number of halogens is 1. The molecule has 2 atom stereocenters. The summed E-state index contributed by atoms with van der Waals surface area (Å²) >= 11 is 0. The van der Waals surface area contributed by atoms with Crippen molar-refractivity contribution >= 4 is 11.9 Å². The van der Waals surface area contributed by atoms with Gasteiger partial charge in [-0.15, -0.1) is 0 Å². The lowest BCUT2D eigenvalue weighted by atomic mass is 9.98.